The molecule has 6 rings (SSSR count). The van der Waals surface area contributed by atoms with E-state index in [-0.39, 0.29) is 17.5 Å². The lowest BCUT2D eigenvalue weighted by Crippen LogP contribution is -2.49. The summed E-state index contributed by atoms with van der Waals surface area (Å²) in [5.74, 6) is 0.357. The largest absolute Gasteiger partial charge is 0.383 e. The van der Waals surface area contributed by atoms with Gasteiger partial charge in [0.1, 0.15) is 5.82 Å². The number of thioether (sulfide) groups is 1. The maximum Gasteiger partial charge on any atom is 0.313 e. The van der Waals surface area contributed by atoms with Gasteiger partial charge in [0.2, 0.25) is 0 Å². The maximum absolute atomic E-state index is 13.6. The number of piperidine rings is 2. The highest BCUT2D eigenvalue weighted by molar-refractivity contribution is 8.00. The van der Waals surface area contributed by atoms with Gasteiger partial charge in [-0.2, -0.15) is 0 Å². The zero-order chi connectivity index (χ0) is 28.9. The molecular weight excluding hydrogens is 536 g/mol. The lowest BCUT2D eigenvalue weighted by molar-refractivity contribution is -0.146. The number of carbonyl (C=O) groups excluding carboxylic acids is 2. The SMILES string of the molecule is C[C@H]1CC[C@H](c2ccc3c(c2)NC([C@H]2CCN(C)C(C)(C)C2)S3)N(C(=O)C(=O)Nc2cnc(N)c(C3COC3)c2)C1. The van der Waals surface area contributed by atoms with Crippen molar-refractivity contribution in [2.24, 2.45) is 11.8 Å². The number of nitrogen functional groups attached to an aromatic ring is 1. The molecule has 0 bridgehead atoms. The normalized spacial score (nSPS) is 28.0. The summed E-state index contributed by atoms with van der Waals surface area (Å²) in [7, 11) is 2.22. The fraction of sp³-hybridized carbons (Fsp3) is 0.581. The van der Waals surface area contributed by atoms with Gasteiger partial charge >= 0.3 is 11.8 Å². The number of ether oxygens (including phenoxy) is 1. The summed E-state index contributed by atoms with van der Waals surface area (Å²) in [6, 6.07) is 8.20. The highest BCUT2D eigenvalue weighted by Crippen LogP contribution is 2.47. The van der Waals surface area contributed by atoms with Gasteiger partial charge in [-0.15, -0.1) is 0 Å². The molecule has 5 heterocycles. The third-order valence-corrected chi connectivity index (χ3v) is 10.9. The average Bonchev–Trinajstić information content (AvgIpc) is 3.34. The molecule has 10 heteroatoms. The van der Waals surface area contributed by atoms with Gasteiger partial charge in [-0.3, -0.25) is 9.59 Å². The lowest BCUT2D eigenvalue weighted by atomic mass is 9.83. The van der Waals surface area contributed by atoms with Gasteiger partial charge in [0.05, 0.1) is 36.5 Å². The first-order valence-corrected chi connectivity index (χ1v) is 15.7. The number of nitrogens with zero attached hydrogens (tertiary/aromatic N) is 3. The van der Waals surface area contributed by atoms with Gasteiger partial charge < -0.3 is 30.9 Å². The van der Waals surface area contributed by atoms with E-state index in [0.717, 1.165) is 42.6 Å². The number of carbonyl (C=O) groups is 2. The minimum Gasteiger partial charge on any atom is -0.383 e. The number of amides is 2. The molecule has 0 spiro atoms. The van der Waals surface area contributed by atoms with Crippen molar-refractivity contribution in [3.8, 4) is 0 Å². The summed E-state index contributed by atoms with van der Waals surface area (Å²) in [5.41, 5.74) is 9.79. The van der Waals surface area contributed by atoms with Crippen LogP contribution >= 0.6 is 11.8 Å². The highest BCUT2D eigenvalue weighted by Gasteiger charge is 2.39. The molecule has 0 aliphatic carbocycles. The molecule has 220 valence electrons. The average molecular weight is 579 g/mol. The number of aromatic nitrogens is 1. The van der Waals surface area contributed by atoms with Crippen LogP contribution in [0.5, 0.6) is 0 Å². The highest BCUT2D eigenvalue weighted by atomic mass is 32.2. The van der Waals surface area contributed by atoms with E-state index in [4.69, 9.17) is 10.5 Å². The van der Waals surface area contributed by atoms with E-state index >= 15 is 0 Å². The molecule has 4 aliphatic rings. The van der Waals surface area contributed by atoms with Crippen LogP contribution in [-0.2, 0) is 14.3 Å². The van der Waals surface area contributed by atoms with Crippen molar-refractivity contribution in [2.75, 3.05) is 49.7 Å². The van der Waals surface area contributed by atoms with E-state index < -0.39 is 11.8 Å². The molecule has 3 fully saturated rings. The van der Waals surface area contributed by atoms with Crippen LogP contribution in [0.4, 0.5) is 17.2 Å². The molecule has 2 aromatic rings. The summed E-state index contributed by atoms with van der Waals surface area (Å²) in [6.07, 6.45) is 5.69. The van der Waals surface area contributed by atoms with Crippen LogP contribution in [0.15, 0.2) is 35.4 Å². The third kappa shape index (κ3) is 5.66. The number of likely N-dealkylation sites (tertiary alicyclic amines) is 2. The van der Waals surface area contributed by atoms with Crippen LogP contribution in [0.3, 0.4) is 0 Å². The Morgan fingerprint density at radius 3 is 2.73 bits per heavy atom. The van der Waals surface area contributed by atoms with E-state index in [1.54, 1.807) is 4.90 Å². The maximum atomic E-state index is 13.6. The Kier molecular flexibility index (Phi) is 7.67. The number of nitrogens with one attached hydrogen (secondary N) is 2. The fourth-order valence-electron chi connectivity index (χ4n) is 6.67. The Bertz CT molecular complexity index is 1330. The second-order valence-corrected chi connectivity index (χ2v) is 14.2. The Balaban J connectivity index is 1.16. The summed E-state index contributed by atoms with van der Waals surface area (Å²) in [4.78, 5) is 36.5. The number of hydrogen-bond donors (Lipinski definition) is 3. The minimum atomic E-state index is -0.647. The van der Waals surface area contributed by atoms with Crippen molar-refractivity contribution >= 4 is 40.8 Å². The molecular formula is C31H42N6O3S. The predicted octanol–water partition coefficient (Wildman–Crippen LogP) is 4.68. The summed E-state index contributed by atoms with van der Waals surface area (Å²) >= 11 is 1.93. The van der Waals surface area contributed by atoms with E-state index in [2.05, 4.69) is 66.5 Å². The second-order valence-electron chi connectivity index (χ2n) is 13.0. The van der Waals surface area contributed by atoms with Gasteiger partial charge in [-0.05, 0) is 88.7 Å². The van der Waals surface area contributed by atoms with Gasteiger partial charge in [0.25, 0.3) is 0 Å². The topological polar surface area (TPSA) is 113 Å². The standard InChI is InChI=1S/C31H42N6O3S/c1-18-5-7-25(19-6-8-26-24(11-19)35-29(41-26)20-9-10-36(4)31(2,3)13-20)37(15-18)30(39)28(38)34-22-12-23(21-16-40-17-21)27(32)33-14-22/h6,8,11-12,14,18,20-21,25,29,35H,5,7,9-10,13,15-17H2,1-4H3,(H2,32,33)(H,34,38)/t18-,20-,25+,29?/m0/s1. The summed E-state index contributed by atoms with van der Waals surface area (Å²) in [5, 5.41) is 6.95. The Morgan fingerprint density at radius 2 is 2.00 bits per heavy atom. The van der Waals surface area contributed by atoms with Gasteiger partial charge in [-0.1, -0.05) is 24.8 Å². The minimum absolute atomic E-state index is 0.143. The van der Waals surface area contributed by atoms with Crippen molar-refractivity contribution in [2.45, 2.75) is 74.2 Å². The number of anilines is 3. The number of pyridine rings is 1. The molecule has 9 nitrogen and oxygen atoms in total. The van der Waals surface area contributed by atoms with E-state index in [1.165, 1.54) is 17.5 Å². The van der Waals surface area contributed by atoms with E-state index in [9.17, 15) is 9.59 Å². The van der Waals surface area contributed by atoms with Gasteiger partial charge in [0.15, 0.2) is 0 Å². The van der Waals surface area contributed by atoms with Crippen LogP contribution < -0.4 is 16.4 Å². The van der Waals surface area contributed by atoms with Crippen LogP contribution in [0.1, 0.15) is 69.5 Å². The number of benzene rings is 1. The van der Waals surface area contributed by atoms with Crippen molar-refractivity contribution in [3.05, 3.63) is 41.6 Å². The lowest BCUT2D eigenvalue weighted by Gasteiger charge is -2.45. The molecule has 4 aliphatic heterocycles. The van der Waals surface area contributed by atoms with Crippen molar-refractivity contribution in [3.63, 3.8) is 0 Å². The number of fused-ring (bicyclic) bond motifs is 1. The van der Waals surface area contributed by atoms with Crippen LogP contribution in [-0.4, -0.2) is 70.9 Å². The molecule has 2 amide bonds. The Hall–Kier alpha value is -2.82. The third-order valence-electron chi connectivity index (χ3n) is 9.56. The monoisotopic (exact) mass is 578 g/mol. The van der Waals surface area contributed by atoms with Gasteiger partial charge in [0, 0.05) is 34.1 Å². The molecule has 0 radical (unpaired) electrons. The fourth-order valence-corrected chi connectivity index (χ4v) is 7.94. The first-order valence-electron chi connectivity index (χ1n) is 14.8. The molecule has 41 heavy (non-hydrogen) atoms. The second kappa shape index (κ2) is 11.1. The predicted molar refractivity (Wildman–Crippen MR) is 163 cm³/mol. The zero-order valence-electron chi connectivity index (χ0n) is 24.5. The molecule has 1 aromatic heterocycles. The first-order chi connectivity index (χ1) is 19.6. The summed E-state index contributed by atoms with van der Waals surface area (Å²) < 4.78 is 5.28. The Labute approximate surface area is 247 Å². The number of rotatable bonds is 4. The van der Waals surface area contributed by atoms with Crippen LogP contribution in [0.2, 0.25) is 0 Å². The zero-order valence-corrected chi connectivity index (χ0v) is 25.3. The van der Waals surface area contributed by atoms with E-state index in [0.29, 0.717) is 48.5 Å². The first kappa shape index (κ1) is 28.3. The summed E-state index contributed by atoms with van der Waals surface area (Å²) in [6.45, 7) is 9.64. The van der Waals surface area contributed by atoms with Crippen molar-refractivity contribution in [1.82, 2.24) is 14.8 Å². The van der Waals surface area contributed by atoms with Crippen molar-refractivity contribution < 1.29 is 14.3 Å². The van der Waals surface area contributed by atoms with Crippen LogP contribution in [0.25, 0.3) is 0 Å². The van der Waals surface area contributed by atoms with Crippen LogP contribution in [0, 0.1) is 11.8 Å². The molecule has 3 saturated heterocycles. The molecule has 0 saturated carbocycles. The molecule has 4 atom stereocenters. The van der Waals surface area contributed by atoms with Crippen molar-refractivity contribution in [1.29, 1.82) is 0 Å². The molecule has 4 N–H and O–H groups in total. The number of hydrogen-bond acceptors (Lipinski definition) is 8. The number of nitrogens with two attached hydrogens (primary N) is 1. The molecule has 1 unspecified atom stereocenters. The quantitative estimate of drug-likeness (QED) is 0.449. The smallest absolute Gasteiger partial charge is 0.313 e. The molecule has 1 aromatic carbocycles. The Morgan fingerprint density at radius 1 is 1.20 bits per heavy atom. The van der Waals surface area contributed by atoms with E-state index in [1.807, 2.05) is 17.8 Å². The van der Waals surface area contributed by atoms with Gasteiger partial charge in [-0.25, -0.2) is 4.98 Å².